The van der Waals surface area contributed by atoms with E-state index < -0.39 is 11.7 Å². The van der Waals surface area contributed by atoms with Crippen molar-refractivity contribution in [2.75, 3.05) is 17.2 Å². The highest BCUT2D eigenvalue weighted by Crippen LogP contribution is 2.26. The number of benzene rings is 2. The summed E-state index contributed by atoms with van der Waals surface area (Å²) in [6.45, 7) is 3.43. The highest BCUT2D eigenvalue weighted by Gasteiger charge is 2.21. The molecule has 0 fully saturated rings. The Morgan fingerprint density at radius 1 is 1.23 bits per heavy atom. The number of aryl methyl sites for hydroxylation is 1. The van der Waals surface area contributed by atoms with Gasteiger partial charge in [0.25, 0.3) is 5.91 Å². The van der Waals surface area contributed by atoms with Crippen molar-refractivity contribution in [2.45, 2.75) is 26.3 Å². The molecule has 2 aromatic rings. The Kier molecular flexibility index (Phi) is 6.71. The van der Waals surface area contributed by atoms with Gasteiger partial charge in [0.15, 0.2) is 0 Å². The van der Waals surface area contributed by atoms with Gasteiger partial charge in [-0.3, -0.25) is 9.59 Å². The quantitative estimate of drug-likeness (QED) is 0.747. The first kappa shape index (κ1) is 19.9. The fourth-order valence-electron chi connectivity index (χ4n) is 2.82. The number of carbonyl (C=O) groups excluding carboxylic acids is 2. The molecule has 7 heteroatoms. The van der Waals surface area contributed by atoms with Crippen LogP contribution >= 0.6 is 12.4 Å². The van der Waals surface area contributed by atoms with Gasteiger partial charge in [-0.25, -0.2) is 4.39 Å². The van der Waals surface area contributed by atoms with Crippen LogP contribution in [-0.4, -0.2) is 18.4 Å². The van der Waals surface area contributed by atoms with Gasteiger partial charge in [-0.1, -0.05) is 25.1 Å². The number of fused-ring (bicyclic) bond motifs is 1. The number of hydrogen-bond acceptors (Lipinski definition) is 3. The Hall–Kier alpha value is -2.44. The summed E-state index contributed by atoms with van der Waals surface area (Å²) in [7, 11) is 0. The van der Waals surface area contributed by atoms with Crippen molar-refractivity contribution in [3.05, 3.63) is 58.9 Å². The molecule has 1 aliphatic rings. The molecule has 3 N–H and O–H groups in total. The van der Waals surface area contributed by atoms with Gasteiger partial charge in [-0.2, -0.15) is 0 Å². The zero-order valence-electron chi connectivity index (χ0n) is 14.4. The normalized spacial score (nSPS) is 12.6. The van der Waals surface area contributed by atoms with Crippen molar-refractivity contribution in [3.63, 3.8) is 0 Å². The molecule has 5 nitrogen and oxygen atoms in total. The Labute approximate surface area is 157 Å². The lowest BCUT2D eigenvalue weighted by atomic mass is 9.99. The molecule has 0 aliphatic carbocycles. The van der Waals surface area contributed by atoms with E-state index in [1.807, 2.05) is 25.1 Å². The molecule has 3 rings (SSSR count). The van der Waals surface area contributed by atoms with Crippen molar-refractivity contribution in [1.29, 1.82) is 0 Å². The van der Waals surface area contributed by atoms with Crippen molar-refractivity contribution >= 4 is 35.6 Å². The van der Waals surface area contributed by atoms with E-state index >= 15 is 0 Å². The lowest BCUT2D eigenvalue weighted by Crippen LogP contribution is -2.22. The van der Waals surface area contributed by atoms with E-state index in [4.69, 9.17) is 0 Å². The minimum Gasteiger partial charge on any atom is -0.326 e. The first-order valence-electron chi connectivity index (χ1n) is 8.30. The molecule has 2 amide bonds. The number of carbonyl (C=O) groups is 2. The summed E-state index contributed by atoms with van der Waals surface area (Å²) in [5.41, 5.74) is 2.78. The lowest BCUT2D eigenvalue weighted by Gasteiger charge is -2.18. The van der Waals surface area contributed by atoms with Crippen LogP contribution in [0.15, 0.2) is 36.4 Å². The van der Waals surface area contributed by atoms with Crippen LogP contribution in [-0.2, 0) is 17.8 Å². The minimum atomic E-state index is -0.650. The van der Waals surface area contributed by atoms with Gasteiger partial charge in [0.2, 0.25) is 5.91 Å². The standard InChI is InChI=1S/C19H20FN3O2.ClH/c1-2-21-11-13-5-3-4-6-16(13)23-19(25)14-9-12-7-8-18(24)22-17(12)10-15(14)20;/h3-6,9-10,21H,2,7-8,11H2,1H3,(H,22,24)(H,23,25);1H. The first-order valence-corrected chi connectivity index (χ1v) is 8.30. The molecule has 2 aromatic carbocycles. The molecule has 1 aliphatic heterocycles. The van der Waals surface area contributed by atoms with Crippen LogP contribution in [0.1, 0.15) is 34.8 Å². The second-order valence-electron chi connectivity index (χ2n) is 5.93. The summed E-state index contributed by atoms with van der Waals surface area (Å²) >= 11 is 0. The zero-order chi connectivity index (χ0) is 17.8. The van der Waals surface area contributed by atoms with Gasteiger partial charge in [0.1, 0.15) is 5.82 Å². The maximum Gasteiger partial charge on any atom is 0.258 e. The molecular weight excluding hydrogens is 357 g/mol. The average molecular weight is 378 g/mol. The number of hydrogen-bond donors (Lipinski definition) is 3. The average Bonchev–Trinajstić information content (AvgIpc) is 2.60. The van der Waals surface area contributed by atoms with E-state index in [1.54, 1.807) is 6.07 Å². The summed E-state index contributed by atoms with van der Waals surface area (Å²) < 4.78 is 14.3. The second kappa shape index (κ2) is 8.78. The molecule has 0 spiro atoms. The number of anilines is 2. The van der Waals surface area contributed by atoms with Gasteiger partial charge in [-0.05, 0) is 42.3 Å². The van der Waals surface area contributed by atoms with Crippen molar-refractivity contribution in [2.24, 2.45) is 0 Å². The Bertz CT molecular complexity index is 826. The number of nitrogens with one attached hydrogen (secondary N) is 3. The second-order valence-corrected chi connectivity index (χ2v) is 5.93. The van der Waals surface area contributed by atoms with Crippen LogP contribution in [0.5, 0.6) is 0 Å². The van der Waals surface area contributed by atoms with Gasteiger partial charge >= 0.3 is 0 Å². The minimum absolute atomic E-state index is 0. The largest absolute Gasteiger partial charge is 0.326 e. The highest BCUT2D eigenvalue weighted by molar-refractivity contribution is 6.06. The maximum atomic E-state index is 14.3. The molecule has 0 saturated heterocycles. The Morgan fingerprint density at radius 2 is 2.00 bits per heavy atom. The summed E-state index contributed by atoms with van der Waals surface area (Å²) in [6.07, 6.45) is 0.837. The summed E-state index contributed by atoms with van der Waals surface area (Å²) in [6, 6.07) is 10.2. The van der Waals surface area contributed by atoms with Gasteiger partial charge in [0, 0.05) is 24.3 Å². The van der Waals surface area contributed by atoms with E-state index in [1.165, 1.54) is 12.1 Å². The molecule has 26 heavy (non-hydrogen) atoms. The van der Waals surface area contributed by atoms with Crippen LogP contribution < -0.4 is 16.0 Å². The SMILES string of the molecule is CCNCc1ccccc1NC(=O)c1cc2c(cc1F)NC(=O)CC2.Cl. The third-order valence-corrected chi connectivity index (χ3v) is 4.16. The van der Waals surface area contributed by atoms with Crippen LogP contribution in [0.25, 0.3) is 0 Å². The molecule has 0 radical (unpaired) electrons. The third-order valence-electron chi connectivity index (χ3n) is 4.16. The van der Waals surface area contributed by atoms with E-state index in [9.17, 15) is 14.0 Å². The third kappa shape index (κ3) is 4.39. The summed E-state index contributed by atoms with van der Waals surface area (Å²) in [5, 5.41) is 8.62. The Morgan fingerprint density at radius 3 is 2.77 bits per heavy atom. The van der Waals surface area contributed by atoms with E-state index in [0.717, 1.165) is 17.7 Å². The summed E-state index contributed by atoms with van der Waals surface area (Å²) in [4.78, 5) is 24.0. The molecule has 0 saturated carbocycles. The highest BCUT2D eigenvalue weighted by atomic mass is 35.5. The number of rotatable bonds is 5. The van der Waals surface area contributed by atoms with Gasteiger partial charge in [0.05, 0.1) is 5.56 Å². The van der Waals surface area contributed by atoms with Crippen LogP contribution in [0.4, 0.5) is 15.8 Å². The van der Waals surface area contributed by atoms with Gasteiger partial charge < -0.3 is 16.0 Å². The lowest BCUT2D eigenvalue weighted by molar-refractivity contribution is -0.116. The van der Waals surface area contributed by atoms with Crippen molar-refractivity contribution in [1.82, 2.24) is 5.32 Å². The predicted molar refractivity (Wildman–Crippen MR) is 102 cm³/mol. The predicted octanol–water partition coefficient (Wildman–Crippen LogP) is 3.49. The topological polar surface area (TPSA) is 70.2 Å². The molecule has 0 bridgehead atoms. The smallest absolute Gasteiger partial charge is 0.258 e. The molecular formula is C19H21ClFN3O2. The van der Waals surface area contributed by atoms with Crippen molar-refractivity contribution < 1.29 is 14.0 Å². The number of amides is 2. The zero-order valence-corrected chi connectivity index (χ0v) is 15.2. The molecule has 0 atom stereocenters. The van der Waals surface area contributed by atoms with Crippen LogP contribution in [0, 0.1) is 5.82 Å². The molecule has 138 valence electrons. The number of para-hydroxylation sites is 1. The van der Waals surface area contributed by atoms with Crippen LogP contribution in [0.3, 0.4) is 0 Å². The fourth-order valence-corrected chi connectivity index (χ4v) is 2.82. The first-order chi connectivity index (χ1) is 12.1. The van der Waals surface area contributed by atoms with Gasteiger partial charge in [-0.15, -0.1) is 12.4 Å². The van der Waals surface area contributed by atoms with E-state index in [0.29, 0.717) is 30.8 Å². The number of halogens is 2. The maximum absolute atomic E-state index is 14.3. The summed E-state index contributed by atoms with van der Waals surface area (Å²) in [5.74, 6) is -1.29. The van der Waals surface area contributed by atoms with E-state index in [2.05, 4.69) is 16.0 Å². The molecule has 0 unspecified atom stereocenters. The fraction of sp³-hybridized carbons (Fsp3) is 0.263. The molecule has 1 heterocycles. The van der Waals surface area contributed by atoms with Crippen LogP contribution in [0.2, 0.25) is 0 Å². The Balaban J connectivity index is 0.00000243. The monoisotopic (exact) mass is 377 g/mol. The molecule has 0 aromatic heterocycles. The van der Waals surface area contributed by atoms with Crippen molar-refractivity contribution in [3.8, 4) is 0 Å². The van der Waals surface area contributed by atoms with E-state index in [-0.39, 0.29) is 23.9 Å².